The molecule has 1 atom stereocenters. The number of sulfonamides is 1. The third-order valence-corrected chi connectivity index (χ3v) is 9.95. The van der Waals surface area contributed by atoms with E-state index in [9.17, 15) is 22.4 Å². The number of carbonyl (C=O) groups excluding carboxylic acids is 2. The van der Waals surface area contributed by atoms with E-state index in [4.69, 9.17) is 0 Å². The second-order valence-corrected chi connectivity index (χ2v) is 13.0. The number of hydrogen-bond donors (Lipinski definition) is 1. The molecule has 0 aromatic heterocycles. The fraction of sp³-hybridized carbons (Fsp3) is 0.355. The quantitative estimate of drug-likeness (QED) is 0.294. The van der Waals surface area contributed by atoms with E-state index in [0.717, 1.165) is 40.4 Å². The maximum Gasteiger partial charge on any atom is 0.264 e. The lowest BCUT2D eigenvalue weighted by Gasteiger charge is -2.32. The molecule has 10 heteroatoms. The van der Waals surface area contributed by atoms with Crippen LogP contribution < -0.4 is 9.62 Å². The van der Waals surface area contributed by atoms with E-state index in [0.29, 0.717) is 5.69 Å². The van der Waals surface area contributed by atoms with E-state index in [1.807, 2.05) is 13.2 Å². The van der Waals surface area contributed by atoms with Crippen LogP contribution in [0.1, 0.15) is 43.7 Å². The monoisotopic (exact) mass is 597 g/mol. The number of nitrogens with one attached hydrogen (secondary N) is 1. The Kier molecular flexibility index (Phi) is 10.1. The number of aryl methyl sites for hydroxylation is 1. The molecule has 1 aliphatic carbocycles. The van der Waals surface area contributed by atoms with Gasteiger partial charge in [0.1, 0.15) is 18.4 Å². The van der Waals surface area contributed by atoms with Crippen molar-refractivity contribution in [2.45, 2.75) is 68.0 Å². The Balaban J connectivity index is 1.69. The van der Waals surface area contributed by atoms with Crippen LogP contribution in [-0.2, 0) is 26.2 Å². The van der Waals surface area contributed by atoms with Crippen molar-refractivity contribution in [3.8, 4) is 0 Å². The fourth-order valence-corrected chi connectivity index (χ4v) is 6.72. The van der Waals surface area contributed by atoms with Crippen molar-refractivity contribution in [3.05, 3.63) is 89.7 Å². The highest BCUT2D eigenvalue weighted by molar-refractivity contribution is 7.98. The number of anilines is 1. The summed E-state index contributed by atoms with van der Waals surface area (Å²) in [6, 6.07) is 18.4. The normalized spacial score (nSPS) is 14.4. The van der Waals surface area contributed by atoms with Crippen molar-refractivity contribution >= 4 is 39.3 Å². The van der Waals surface area contributed by atoms with Gasteiger partial charge in [-0.3, -0.25) is 13.9 Å². The fourth-order valence-electron chi connectivity index (χ4n) is 4.90. The van der Waals surface area contributed by atoms with Gasteiger partial charge in [0.05, 0.1) is 10.6 Å². The van der Waals surface area contributed by atoms with Gasteiger partial charge in [0.2, 0.25) is 11.8 Å². The van der Waals surface area contributed by atoms with Gasteiger partial charge in [-0.1, -0.05) is 48.7 Å². The Morgan fingerprint density at radius 3 is 2.24 bits per heavy atom. The first-order valence-electron chi connectivity index (χ1n) is 13.7. The van der Waals surface area contributed by atoms with Gasteiger partial charge in [0.25, 0.3) is 10.0 Å². The van der Waals surface area contributed by atoms with Crippen molar-refractivity contribution in [1.82, 2.24) is 10.2 Å². The molecule has 41 heavy (non-hydrogen) atoms. The van der Waals surface area contributed by atoms with Gasteiger partial charge in [-0.15, -0.1) is 11.8 Å². The molecular formula is C31H36FN3O4S2. The average molecular weight is 598 g/mol. The third kappa shape index (κ3) is 7.48. The number of halogens is 1. The highest BCUT2D eigenvalue weighted by atomic mass is 32.2. The lowest BCUT2D eigenvalue weighted by Crippen LogP contribution is -2.52. The zero-order valence-corrected chi connectivity index (χ0v) is 25.2. The zero-order chi connectivity index (χ0) is 29.6. The summed E-state index contributed by atoms with van der Waals surface area (Å²) >= 11 is 1.49. The molecule has 3 aromatic carbocycles. The van der Waals surface area contributed by atoms with Gasteiger partial charge in [-0.25, -0.2) is 12.8 Å². The minimum absolute atomic E-state index is 0.0315. The lowest BCUT2D eigenvalue weighted by molar-refractivity contribution is -0.139. The molecule has 7 nitrogen and oxygen atoms in total. The maximum atomic E-state index is 14.7. The number of thioether (sulfide) groups is 1. The second-order valence-electron chi connectivity index (χ2n) is 10.3. The van der Waals surface area contributed by atoms with Crippen molar-refractivity contribution in [2.75, 3.05) is 17.1 Å². The van der Waals surface area contributed by atoms with Crippen LogP contribution in [0, 0.1) is 12.7 Å². The van der Waals surface area contributed by atoms with Crippen LogP contribution in [0.2, 0.25) is 0 Å². The molecule has 3 aromatic rings. The van der Waals surface area contributed by atoms with Crippen LogP contribution in [0.15, 0.2) is 82.6 Å². The van der Waals surface area contributed by atoms with Gasteiger partial charge in [0.15, 0.2) is 0 Å². The highest BCUT2D eigenvalue weighted by Crippen LogP contribution is 2.27. The minimum Gasteiger partial charge on any atom is -0.352 e. The standard InChI is InChI=1S/C31H36FN3O4S2/c1-22-12-14-26(15-13-22)35(41(38,39)28-18-16-27(40-3)17-19-28)21-30(36)34(20-24-8-4-7-11-29(24)32)23(2)31(37)33-25-9-5-6-10-25/h4,7-8,11-19,23,25H,5-6,9-10,20-21H2,1-3H3,(H,33,37). The van der Waals surface area contributed by atoms with Crippen LogP contribution in [0.25, 0.3) is 0 Å². The van der Waals surface area contributed by atoms with Gasteiger partial charge in [-0.2, -0.15) is 0 Å². The van der Waals surface area contributed by atoms with Gasteiger partial charge in [-0.05, 0) is 75.4 Å². The molecule has 2 amide bonds. The Labute approximate surface area is 246 Å². The summed E-state index contributed by atoms with van der Waals surface area (Å²) in [7, 11) is -4.16. The lowest BCUT2D eigenvalue weighted by atomic mass is 10.1. The van der Waals surface area contributed by atoms with Crippen LogP contribution in [0.4, 0.5) is 10.1 Å². The third-order valence-electron chi connectivity index (χ3n) is 7.42. The van der Waals surface area contributed by atoms with E-state index >= 15 is 0 Å². The largest absolute Gasteiger partial charge is 0.352 e. The molecule has 218 valence electrons. The second kappa shape index (κ2) is 13.5. The number of rotatable bonds is 11. The van der Waals surface area contributed by atoms with E-state index in [1.165, 1.54) is 34.9 Å². The number of amides is 2. The number of hydrogen-bond acceptors (Lipinski definition) is 5. The van der Waals surface area contributed by atoms with E-state index in [2.05, 4.69) is 5.32 Å². The number of benzene rings is 3. The molecule has 1 saturated carbocycles. The smallest absolute Gasteiger partial charge is 0.264 e. The molecule has 0 radical (unpaired) electrons. The van der Waals surface area contributed by atoms with Crippen LogP contribution in [-0.4, -0.2) is 50.0 Å². The summed E-state index contributed by atoms with van der Waals surface area (Å²) in [6.07, 6.45) is 5.69. The summed E-state index contributed by atoms with van der Waals surface area (Å²) in [5, 5.41) is 3.01. The van der Waals surface area contributed by atoms with E-state index in [-0.39, 0.29) is 29.0 Å². The van der Waals surface area contributed by atoms with Gasteiger partial charge in [0, 0.05) is 23.0 Å². The van der Waals surface area contributed by atoms with Crippen molar-refractivity contribution < 1.29 is 22.4 Å². The molecular weight excluding hydrogens is 561 g/mol. The van der Waals surface area contributed by atoms with Gasteiger partial charge >= 0.3 is 0 Å². The summed E-state index contributed by atoms with van der Waals surface area (Å²) in [6.45, 7) is 2.73. The molecule has 0 aliphatic heterocycles. The molecule has 0 spiro atoms. The van der Waals surface area contributed by atoms with E-state index in [1.54, 1.807) is 61.5 Å². The van der Waals surface area contributed by atoms with Gasteiger partial charge < -0.3 is 10.2 Å². The first kappa shape index (κ1) is 30.6. The Bertz CT molecular complexity index is 1460. The minimum atomic E-state index is -4.16. The van der Waals surface area contributed by atoms with Crippen molar-refractivity contribution in [3.63, 3.8) is 0 Å². The summed E-state index contributed by atoms with van der Waals surface area (Å²) in [5.41, 5.74) is 1.48. The number of nitrogens with zero attached hydrogens (tertiary/aromatic N) is 2. The molecule has 1 aliphatic rings. The van der Waals surface area contributed by atoms with Crippen molar-refractivity contribution in [1.29, 1.82) is 0 Å². The maximum absolute atomic E-state index is 14.7. The van der Waals surface area contributed by atoms with E-state index < -0.39 is 34.3 Å². The predicted octanol–water partition coefficient (Wildman–Crippen LogP) is 5.53. The summed E-state index contributed by atoms with van der Waals surface area (Å²) < 4.78 is 43.6. The SMILES string of the molecule is CSc1ccc(S(=O)(=O)N(CC(=O)N(Cc2ccccc2F)C(C)C(=O)NC2CCCC2)c2ccc(C)cc2)cc1. The first-order valence-corrected chi connectivity index (χ1v) is 16.3. The molecule has 1 fully saturated rings. The topological polar surface area (TPSA) is 86.8 Å². The van der Waals surface area contributed by atoms with Crippen LogP contribution >= 0.6 is 11.8 Å². The van der Waals surface area contributed by atoms with Crippen molar-refractivity contribution in [2.24, 2.45) is 0 Å². The molecule has 1 unspecified atom stereocenters. The Morgan fingerprint density at radius 2 is 1.63 bits per heavy atom. The zero-order valence-electron chi connectivity index (χ0n) is 23.5. The van der Waals surface area contributed by atoms with Crippen LogP contribution in [0.3, 0.4) is 0 Å². The molecule has 0 saturated heterocycles. The summed E-state index contributed by atoms with van der Waals surface area (Å²) in [4.78, 5) is 29.4. The predicted molar refractivity (Wildman–Crippen MR) is 161 cm³/mol. The van der Waals surface area contributed by atoms with Crippen LogP contribution in [0.5, 0.6) is 0 Å². The molecule has 0 heterocycles. The first-order chi connectivity index (χ1) is 19.6. The molecule has 4 rings (SSSR count). The average Bonchev–Trinajstić information content (AvgIpc) is 3.48. The molecule has 1 N–H and O–H groups in total. The molecule has 0 bridgehead atoms. The summed E-state index contributed by atoms with van der Waals surface area (Å²) in [5.74, 6) is -1.48. The Hall–Kier alpha value is -3.37. The Morgan fingerprint density at radius 1 is 1.00 bits per heavy atom. The number of carbonyl (C=O) groups is 2. The highest BCUT2D eigenvalue weighted by Gasteiger charge is 2.33.